The van der Waals surface area contributed by atoms with Gasteiger partial charge in [0.1, 0.15) is 6.54 Å². The number of nitrogens with one attached hydrogen (secondary N) is 1. The van der Waals surface area contributed by atoms with E-state index in [1.807, 2.05) is 31.2 Å². The number of benzene rings is 3. The van der Waals surface area contributed by atoms with Crippen LogP contribution in [0.5, 0.6) is 11.5 Å². The van der Waals surface area contributed by atoms with Crippen LogP contribution >= 0.6 is 0 Å². The molecule has 0 aliphatic heterocycles. The van der Waals surface area contributed by atoms with Gasteiger partial charge >= 0.3 is 0 Å². The Labute approximate surface area is 201 Å². The minimum absolute atomic E-state index is 0.0141. The summed E-state index contributed by atoms with van der Waals surface area (Å²) in [5.74, 6) is 0.600. The molecule has 7 nitrogen and oxygen atoms in total. The Balaban J connectivity index is 1.94. The average molecular weight is 483 g/mol. The third kappa shape index (κ3) is 5.69. The van der Waals surface area contributed by atoms with Crippen molar-refractivity contribution >= 4 is 27.3 Å². The highest BCUT2D eigenvalue weighted by Gasteiger charge is 2.28. The number of hydrogen-bond acceptors (Lipinski definition) is 5. The molecule has 0 bridgehead atoms. The van der Waals surface area contributed by atoms with Crippen LogP contribution in [0.2, 0.25) is 0 Å². The second-order valence-electron chi connectivity index (χ2n) is 8.19. The fourth-order valence-corrected chi connectivity index (χ4v) is 4.85. The summed E-state index contributed by atoms with van der Waals surface area (Å²) >= 11 is 0. The van der Waals surface area contributed by atoms with E-state index >= 15 is 0 Å². The summed E-state index contributed by atoms with van der Waals surface area (Å²) in [6.45, 7) is 5.69. The van der Waals surface area contributed by atoms with E-state index in [2.05, 4.69) is 19.2 Å². The largest absolute Gasteiger partial charge is 0.493 e. The molecule has 1 amide bonds. The van der Waals surface area contributed by atoms with Gasteiger partial charge < -0.3 is 14.8 Å². The highest BCUT2D eigenvalue weighted by Crippen LogP contribution is 2.32. The van der Waals surface area contributed by atoms with Gasteiger partial charge in [0.05, 0.1) is 24.8 Å². The second kappa shape index (κ2) is 10.6. The van der Waals surface area contributed by atoms with E-state index in [9.17, 15) is 13.2 Å². The van der Waals surface area contributed by atoms with Gasteiger partial charge in [-0.1, -0.05) is 43.7 Å². The predicted octanol–water partition coefficient (Wildman–Crippen LogP) is 4.97. The van der Waals surface area contributed by atoms with Crippen LogP contribution in [0, 0.1) is 6.92 Å². The minimum atomic E-state index is -4.09. The molecule has 0 aromatic heterocycles. The van der Waals surface area contributed by atoms with Crippen LogP contribution in [0.25, 0.3) is 0 Å². The Morgan fingerprint density at radius 3 is 2.09 bits per heavy atom. The lowest BCUT2D eigenvalue weighted by Crippen LogP contribution is -2.38. The number of methoxy groups -OCH3 is 2. The summed E-state index contributed by atoms with van der Waals surface area (Å²) in [6.07, 6.45) is 0. The molecular formula is C26H30N2O5S. The summed E-state index contributed by atoms with van der Waals surface area (Å²) in [6, 6.07) is 18.8. The molecule has 180 valence electrons. The van der Waals surface area contributed by atoms with Crippen molar-refractivity contribution in [3.05, 3.63) is 77.9 Å². The summed E-state index contributed by atoms with van der Waals surface area (Å²) < 4.78 is 38.9. The number of ether oxygens (including phenoxy) is 2. The maximum Gasteiger partial charge on any atom is 0.264 e. The number of carbonyl (C=O) groups excluding carboxylic acids is 1. The van der Waals surface area contributed by atoms with E-state index in [0.717, 1.165) is 15.4 Å². The predicted molar refractivity (Wildman–Crippen MR) is 134 cm³/mol. The topological polar surface area (TPSA) is 84.9 Å². The molecule has 0 heterocycles. The number of sulfonamides is 1. The average Bonchev–Trinajstić information content (AvgIpc) is 2.83. The fraction of sp³-hybridized carbons (Fsp3) is 0.269. The number of hydrogen-bond donors (Lipinski definition) is 1. The lowest BCUT2D eigenvalue weighted by atomic mass is 10.0. The number of rotatable bonds is 9. The summed E-state index contributed by atoms with van der Waals surface area (Å²) in [5, 5.41) is 2.79. The van der Waals surface area contributed by atoms with Crippen LogP contribution in [0.1, 0.15) is 30.9 Å². The first-order valence-corrected chi connectivity index (χ1v) is 12.3. The SMILES string of the molecule is COc1ccc(S(=O)(=O)N(CC(=O)Nc2ccc(C(C)C)cc2)c2ccc(C)cc2)cc1OC. The van der Waals surface area contributed by atoms with Crippen molar-refractivity contribution in [1.82, 2.24) is 0 Å². The number of aryl methyl sites for hydroxylation is 1. The number of nitrogens with zero attached hydrogens (tertiary/aromatic N) is 1. The lowest BCUT2D eigenvalue weighted by molar-refractivity contribution is -0.114. The first-order chi connectivity index (χ1) is 16.1. The Morgan fingerprint density at radius 1 is 0.912 bits per heavy atom. The van der Waals surface area contributed by atoms with Gasteiger partial charge in [-0.05, 0) is 54.8 Å². The Morgan fingerprint density at radius 2 is 1.53 bits per heavy atom. The standard InChI is InChI=1S/C26H30N2O5S/c1-18(2)20-8-10-21(11-9-20)27-26(29)17-28(22-12-6-19(3)7-13-22)34(30,31)23-14-15-24(32-4)25(16-23)33-5/h6-16,18H,17H2,1-5H3,(H,27,29). The van der Waals surface area contributed by atoms with Crippen molar-refractivity contribution in [3.8, 4) is 11.5 Å². The van der Waals surface area contributed by atoms with E-state index < -0.39 is 22.5 Å². The van der Waals surface area contributed by atoms with Crippen LogP contribution in [0.3, 0.4) is 0 Å². The van der Waals surface area contributed by atoms with Gasteiger partial charge in [0, 0.05) is 11.8 Å². The number of anilines is 2. The molecule has 0 aliphatic rings. The smallest absolute Gasteiger partial charge is 0.264 e. The third-order valence-corrected chi connectivity index (χ3v) is 7.18. The highest BCUT2D eigenvalue weighted by molar-refractivity contribution is 7.92. The van der Waals surface area contributed by atoms with Gasteiger partial charge in [0.15, 0.2) is 11.5 Å². The molecule has 34 heavy (non-hydrogen) atoms. The summed E-state index contributed by atoms with van der Waals surface area (Å²) in [7, 11) is -1.18. The monoisotopic (exact) mass is 482 g/mol. The first kappa shape index (κ1) is 25.1. The Kier molecular flexibility index (Phi) is 7.83. The van der Waals surface area contributed by atoms with Crippen molar-refractivity contribution in [1.29, 1.82) is 0 Å². The van der Waals surface area contributed by atoms with Crippen LogP contribution < -0.4 is 19.1 Å². The molecule has 3 rings (SSSR count). The van der Waals surface area contributed by atoms with Crippen LogP contribution in [-0.4, -0.2) is 35.1 Å². The summed E-state index contributed by atoms with van der Waals surface area (Å²) in [4.78, 5) is 12.9. The van der Waals surface area contributed by atoms with Crippen molar-refractivity contribution < 1.29 is 22.7 Å². The second-order valence-corrected chi connectivity index (χ2v) is 10.1. The van der Waals surface area contributed by atoms with Gasteiger partial charge in [-0.2, -0.15) is 0 Å². The zero-order chi connectivity index (χ0) is 24.9. The van der Waals surface area contributed by atoms with E-state index in [4.69, 9.17) is 9.47 Å². The molecular weight excluding hydrogens is 452 g/mol. The number of amides is 1. The van der Waals surface area contributed by atoms with Crippen LogP contribution in [0.4, 0.5) is 11.4 Å². The first-order valence-electron chi connectivity index (χ1n) is 10.9. The molecule has 0 atom stereocenters. The van der Waals surface area contributed by atoms with E-state index in [1.165, 1.54) is 32.4 Å². The molecule has 0 spiro atoms. The van der Waals surface area contributed by atoms with E-state index in [1.54, 1.807) is 24.3 Å². The molecule has 0 saturated heterocycles. The van der Waals surface area contributed by atoms with Crippen LogP contribution in [0.15, 0.2) is 71.6 Å². The molecule has 0 unspecified atom stereocenters. The van der Waals surface area contributed by atoms with E-state index in [0.29, 0.717) is 23.0 Å². The van der Waals surface area contributed by atoms with E-state index in [-0.39, 0.29) is 10.6 Å². The van der Waals surface area contributed by atoms with Gasteiger partial charge in [-0.3, -0.25) is 9.10 Å². The van der Waals surface area contributed by atoms with Crippen molar-refractivity contribution in [2.24, 2.45) is 0 Å². The molecule has 0 aliphatic carbocycles. The zero-order valence-corrected chi connectivity index (χ0v) is 20.8. The molecule has 0 fully saturated rings. The molecule has 0 saturated carbocycles. The van der Waals surface area contributed by atoms with Gasteiger partial charge in [-0.25, -0.2) is 8.42 Å². The van der Waals surface area contributed by atoms with Crippen molar-refractivity contribution in [3.63, 3.8) is 0 Å². The molecule has 3 aromatic rings. The van der Waals surface area contributed by atoms with Crippen molar-refractivity contribution in [2.75, 3.05) is 30.4 Å². The number of carbonyl (C=O) groups is 1. The highest BCUT2D eigenvalue weighted by atomic mass is 32.2. The van der Waals surface area contributed by atoms with Gasteiger partial charge in [0.2, 0.25) is 5.91 Å². The quantitative estimate of drug-likeness (QED) is 0.465. The maximum atomic E-state index is 13.6. The fourth-order valence-electron chi connectivity index (χ4n) is 3.41. The Bertz CT molecular complexity index is 1240. The zero-order valence-electron chi connectivity index (χ0n) is 20.0. The Hall–Kier alpha value is -3.52. The van der Waals surface area contributed by atoms with Crippen LogP contribution in [-0.2, 0) is 14.8 Å². The minimum Gasteiger partial charge on any atom is -0.493 e. The molecule has 0 radical (unpaired) electrons. The lowest BCUT2D eigenvalue weighted by Gasteiger charge is -2.24. The molecule has 3 aromatic carbocycles. The van der Waals surface area contributed by atoms with Gasteiger partial charge in [-0.15, -0.1) is 0 Å². The molecule has 8 heteroatoms. The maximum absolute atomic E-state index is 13.6. The van der Waals surface area contributed by atoms with Gasteiger partial charge in [0.25, 0.3) is 10.0 Å². The normalized spacial score (nSPS) is 11.2. The van der Waals surface area contributed by atoms with Crippen molar-refractivity contribution in [2.45, 2.75) is 31.6 Å². The summed E-state index contributed by atoms with van der Waals surface area (Å²) in [5.41, 5.74) is 3.10. The molecule has 1 N–H and O–H groups in total. The third-order valence-electron chi connectivity index (χ3n) is 5.41.